The van der Waals surface area contributed by atoms with Gasteiger partial charge in [0.15, 0.2) is 16.4 Å². The number of hydrogen-bond donors (Lipinski definition) is 1. The number of terminal acetylenes is 1. The lowest BCUT2D eigenvalue weighted by Gasteiger charge is -2.09. The number of carbonyl (C=O) groups is 2. The van der Waals surface area contributed by atoms with Crippen LogP contribution in [0.4, 0.5) is 0 Å². The summed E-state index contributed by atoms with van der Waals surface area (Å²) < 4.78 is 28.6. The van der Waals surface area contributed by atoms with Crippen molar-refractivity contribution < 1.29 is 22.7 Å². The summed E-state index contributed by atoms with van der Waals surface area (Å²) in [7, 11) is -3.55. The van der Waals surface area contributed by atoms with Gasteiger partial charge in [-0.15, -0.1) is 6.42 Å². The van der Waals surface area contributed by atoms with Crippen LogP contribution < -0.4 is 5.32 Å². The van der Waals surface area contributed by atoms with Crippen LogP contribution in [0.1, 0.15) is 17.3 Å². The predicted molar refractivity (Wildman–Crippen MR) is 76.3 cm³/mol. The van der Waals surface area contributed by atoms with Crippen molar-refractivity contribution in [1.82, 2.24) is 5.32 Å². The van der Waals surface area contributed by atoms with Crippen LogP contribution in [0.2, 0.25) is 0 Å². The number of carbonyl (C=O) groups excluding carboxylic acids is 2. The van der Waals surface area contributed by atoms with E-state index in [9.17, 15) is 18.0 Å². The molecule has 0 bridgehead atoms. The highest BCUT2D eigenvalue weighted by molar-refractivity contribution is 7.91. The lowest BCUT2D eigenvalue weighted by atomic mass is 10.2. The van der Waals surface area contributed by atoms with Crippen LogP contribution in [-0.2, 0) is 19.4 Å². The number of hydrogen-bond acceptors (Lipinski definition) is 5. The van der Waals surface area contributed by atoms with Crippen LogP contribution in [0.15, 0.2) is 29.2 Å². The molecule has 0 aliphatic heterocycles. The maximum atomic E-state index is 11.9. The van der Waals surface area contributed by atoms with Crippen molar-refractivity contribution in [2.75, 3.05) is 18.9 Å². The van der Waals surface area contributed by atoms with E-state index >= 15 is 0 Å². The molecule has 0 spiro atoms. The maximum absolute atomic E-state index is 11.9. The van der Waals surface area contributed by atoms with E-state index in [0.717, 1.165) is 0 Å². The van der Waals surface area contributed by atoms with Gasteiger partial charge in [0, 0.05) is 0 Å². The van der Waals surface area contributed by atoms with Gasteiger partial charge in [-0.1, -0.05) is 25.0 Å². The largest absolute Gasteiger partial charge is 0.452 e. The first-order valence-corrected chi connectivity index (χ1v) is 7.76. The van der Waals surface area contributed by atoms with Gasteiger partial charge in [-0.2, -0.15) is 0 Å². The number of nitrogens with one attached hydrogen (secondary N) is 1. The fraction of sp³-hybridized carbons (Fsp3) is 0.286. The molecule has 0 unspecified atom stereocenters. The number of sulfone groups is 1. The summed E-state index contributed by atoms with van der Waals surface area (Å²) in [4.78, 5) is 23.1. The van der Waals surface area contributed by atoms with Crippen LogP contribution in [0.25, 0.3) is 0 Å². The summed E-state index contributed by atoms with van der Waals surface area (Å²) in [5.41, 5.74) is -0.0934. The summed E-state index contributed by atoms with van der Waals surface area (Å²) in [6, 6.07) is 5.70. The second-order valence-electron chi connectivity index (χ2n) is 3.96. The third kappa shape index (κ3) is 4.61. The maximum Gasteiger partial charge on any atom is 0.339 e. The molecular weight excluding hydrogens is 294 g/mol. The van der Waals surface area contributed by atoms with Crippen LogP contribution in [0.5, 0.6) is 0 Å². The van der Waals surface area contributed by atoms with Gasteiger partial charge in [0.25, 0.3) is 5.91 Å². The number of amides is 1. The molecule has 0 aromatic heterocycles. The SMILES string of the molecule is C#CCNC(=O)COC(=O)c1ccccc1S(=O)(=O)CC. The van der Waals surface area contributed by atoms with Gasteiger partial charge >= 0.3 is 5.97 Å². The lowest BCUT2D eigenvalue weighted by Crippen LogP contribution is -2.29. The van der Waals surface area contributed by atoms with E-state index in [4.69, 9.17) is 11.2 Å². The molecule has 1 amide bonds. The van der Waals surface area contributed by atoms with Crippen molar-refractivity contribution in [1.29, 1.82) is 0 Å². The Hall–Kier alpha value is -2.33. The molecule has 0 saturated carbocycles. The highest BCUT2D eigenvalue weighted by Gasteiger charge is 2.21. The van der Waals surface area contributed by atoms with E-state index in [1.165, 1.54) is 31.2 Å². The van der Waals surface area contributed by atoms with Crippen molar-refractivity contribution in [3.63, 3.8) is 0 Å². The Morgan fingerprint density at radius 3 is 2.62 bits per heavy atom. The first-order valence-electron chi connectivity index (χ1n) is 6.11. The van der Waals surface area contributed by atoms with Crippen molar-refractivity contribution in [3.05, 3.63) is 29.8 Å². The zero-order valence-electron chi connectivity index (χ0n) is 11.5. The van der Waals surface area contributed by atoms with Crippen molar-refractivity contribution >= 4 is 21.7 Å². The molecule has 0 aliphatic rings. The molecule has 7 heteroatoms. The van der Waals surface area contributed by atoms with E-state index in [1.54, 1.807) is 0 Å². The number of benzene rings is 1. The first kappa shape index (κ1) is 16.7. The number of esters is 1. The van der Waals surface area contributed by atoms with Crippen LogP contribution >= 0.6 is 0 Å². The number of ether oxygens (including phenoxy) is 1. The van der Waals surface area contributed by atoms with Gasteiger partial charge < -0.3 is 10.1 Å². The second-order valence-corrected chi connectivity index (χ2v) is 6.20. The van der Waals surface area contributed by atoms with Gasteiger partial charge in [-0.3, -0.25) is 4.79 Å². The van der Waals surface area contributed by atoms with Crippen LogP contribution in [-0.4, -0.2) is 39.2 Å². The van der Waals surface area contributed by atoms with Crippen LogP contribution in [0.3, 0.4) is 0 Å². The first-order chi connectivity index (χ1) is 9.92. The van der Waals surface area contributed by atoms with Gasteiger partial charge in [-0.25, -0.2) is 13.2 Å². The molecule has 1 aromatic rings. The van der Waals surface area contributed by atoms with Gasteiger partial charge in [0.05, 0.1) is 22.8 Å². The van der Waals surface area contributed by atoms with Crippen molar-refractivity contribution in [3.8, 4) is 12.3 Å². The molecule has 0 heterocycles. The Morgan fingerprint density at radius 2 is 2.00 bits per heavy atom. The van der Waals surface area contributed by atoms with E-state index in [0.29, 0.717) is 0 Å². The zero-order chi connectivity index (χ0) is 15.9. The molecule has 1 N–H and O–H groups in total. The lowest BCUT2D eigenvalue weighted by molar-refractivity contribution is -0.123. The molecule has 6 nitrogen and oxygen atoms in total. The quantitative estimate of drug-likeness (QED) is 0.606. The Kier molecular flexibility index (Phi) is 5.93. The molecule has 1 aromatic carbocycles. The summed E-state index contributed by atoms with van der Waals surface area (Å²) in [6.07, 6.45) is 4.97. The third-order valence-electron chi connectivity index (χ3n) is 2.54. The van der Waals surface area contributed by atoms with Gasteiger partial charge in [0.1, 0.15) is 0 Å². The topological polar surface area (TPSA) is 89.5 Å². The molecular formula is C14H15NO5S. The summed E-state index contributed by atoms with van der Waals surface area (Å²) in [6.45, 7) is 0.975. The minimum absolute atomic E-state index is 0.0250. The molecule has 0 saturated heterocycles. The van der Waals surface area contributed by atoms with Crippen molar-refractivity contribution in [2.45, 2.75) is 11.8 Å². The molecule has 21 heavy (non-hydrogen) atoms. The predicted octanol–water partition coefficient (Wildman–Crippen LogP) is 0.386. The molecule has 0 aliphatic carbocycles. The Bertz CT molecular complexity index is 673. The zero-order valence-corrected chi connectivity index (χ0v) is 12.3. The third-order valence-corrected chi connectivity index (χ3v) is 4.33. The van der Waals surface area contributed by atoms with Gasteiger partial charge in [-0.05, 0) is 12.1 Å². The standard InChI is InChI=1S/C14H15NO5S/c1-3-9-15-13(16)10-20-14(17)11-7-5-6-8-12(11)21(18,19)4-2/h1,5-8H,4,9-10H2,2H3,(H,15,16). The van der Waals surface area contributed by atoms with Crippen molar-refractivity contribution in [2.24, 2.45) is 0 Å². The monoisotopic (exact) mass is 309 g/mol. The summed E-state index contributed by atoms with van der Waals surface area (Å²) in [5.74, 6) is 0.629. The van der Waals surface area contributed by atoms with E-state index in [1.807, 2.05) is 0 Å². The second kappa shape index (κ2) is 7.45. The Labute approximate surface area is 123 Å². The average molecular weight is 309 g/mol. The smallest absolute Gasteiger partial charge is 0.339 e. The van der Waals surface area contributed by atoms with E-state index in [2.05, 4.69) is 11.2 Å². The molecule has 1 rings (SSSR count). The Balaban J connectivity index is 2.85. The van der Waals surface area contributed by atoms with E-state index < -0.39 is 28.3 Å². The molecule has 0 atom stereocenters. The fourth-order valence-corrected chi connectivity index (χ4v) is 2.55. The molecule has 0 radical (unpaired) electrons. The average Bonchev–Trinajstić information content (AvgIpc) is 2.50. The summed E-state index contributed by atoms with van der Waals surface area (Å²) >= 11 is 0. The summed E-state index contributed by atoms with van der Waals surface area (Å²) in [5, 5.41) is 2.32. The van der Waals surface area contributed by atoms with E-state index in [-0.39, 0.29) is 22.8 Å². The minimum atomic E-state index is -3.55. The minimum Gasteiger partial charge on any atom is -0.452 e. The molecule has 112 valence electrons. The highest BCUT2D eigenvalue weighted by atomic mass is 32.2. The highest BCUT2D eigenvalue weighted by Crippen LogP contribution is 2.17. The molecule has 0 fully saturated rings. The van der Waals surface area contributed by atoms with Crippen LogP contribution in [0, 0.1) is 12.3 Å². The fourth-order valence-electron chi connectivity index (χ4n) is 1.47. The normalized spacial score (nSPS) is 10.5. The number of rotatable bonds is 6. The van der Waals surface area contributed by atoms with Gasteiger partial charge in [0.2, 0.25) is 0 Å². The Morgan fingerprint density at radius 1 is 1.33 bits per heavy atom.